The molecule has 1 aromatic rings. The molecule has 2 heterocycles. The Kier molecular flexibility index (Phi) is 5.55. The number of hydrogen-bond donors (Lipinski definition) is 2. The number of likely N-dealkylation sites (tertiary alicyclic amines) is 1. The standard InChI is InChI=1S/C19H24N4O3/c20-10-15-6-3-7-22(15)19(26)17(21)9-18(25)23-11-14-5-2-1-4-13(14)8-16(23)12-24/h1-2,4-5,15-17,24H,3,6-9,11-12,21H2/t15-,16?,17?/m0/s1. The summed E-state index contributed by atoms with van der Waals surface area (Å²) in [5.41, 5.74) is 8.17. The van der Waals surface area contributed by atoms with Crippen molar-refractivity contribution < 1.29 is 14.7 Å². The molecule has 0 spiro atoms. The van der Waals surface area contributed by atoms with E-state index in [1.165, 1.54) is 4.90 Å². The Balaban J connectivity index is 1.67. The van der Waals surface area contributed by atoms with Crippen LogP contribution in [0.3, 0.4) is 0 Å². The van der Waals surface area contributed by atoms with Crippen molar-refractivity contribution in [2.24, 2.45) is 5.73 Å². The summed E-state index contributed by atoms with van der Waals surface area (Å²) in [5, 5.41) is 18.8. The molecule has 2 aliphatic rings. The zero-order valence-electron chi connectivity index (χ0n) is 14.7. The highest BCUT2D eigenvalue weighted by Gasteiger charge is 2.35. The average molecular weight is 356 g/mol. The van der Waals surface area contributed by atoms with Gasteiger partial charge in [-0.1, -0.05) is 24.3 Å². The number of carbonyl (C=O) groups excluding carboxylic acids is 2. The predicted molar refractivity (Wildman–Crippen MR) is 94.5 cm³/mol. The van der Waals surface area contributed by atoms with Gasteiger partial charge in [0.15, 0.2) is 0 Å². The lowest BCUT2D eigenvalue weighted by Crippen LogP contribution is -2.51. The largest absolute Gasteiger partial charge is 0.394 e. The number of hydrogen-bond acceptors (Lipinski definition) is 5. The Bertz CT molecular complexity index is 730. The van der Waals surface area contributed by atoms with Gasteiger partial charge < -0.3 is 20.6 Å². The minimum Gasteiger partial charge on any atom is -0.394 e. The van der Waals surface area contributed by atoms with Crippen LogP contribution in [-0.2, 0) is 22.6 Å². The van der Waals surface area contributed by atoms with Crippen LogP contribution in [0, 0.1) is 11.3 Å². The van der Waals surface area contributed by atoms with Crippen molar-refractivity contribution in [2.45, 2.75) is 50.4 Å². The van der Waals surface area contributed by atoms with E-state index in [0.717, 1.165) is 17.5 Å². The first-order chi connectivity index (χ1) is 12.5. The fraction of sp³-hybridized carbons (Fsp3) is 0.526. The fourth-order valence-corrected chi connectivity index (χ4v) is 3.81. The molecule has 2 amide bonds. The Hall–Kier alpha value is -2.43. The molecule has 0 aromatic heterocycles. The van der Waals surface area contributed by atoms with Crippen LogP contribution in [0.4, 0.5) is 0 Å². The van der Waals surface area contributed by atoms with E-state index in [1.807, 2.05) is 24.3 Å². The zero-order valence-corrected chi connectivity index (χ0v) is 14.7. The summed E-state index contributed by atoms with van der Waals surface area (Å²) < 4.78 is 0. The minimum absolute atomic E-state index is 0.119. The van der Waals surface area contributed by atoms with E-state index in [4.69, 9.17) is 11.0 Å². The van der Waals surface area contributed by atoms with Crippen molar-refractivity contribution in [3.05, 3.63) is 35.4 Å². The summed E-state index contributed by atoms with van der Waals surface area (Å²) in [6.07, 6.45) is 1.90. The molecule has 0 aliphatic carbocycles. The first-order valence-electron chi connectivity index (χ1n) is 8.98. The van der Waals surface area contributed by atoms with Crippen LogP contribution in [0.1, 0.15) is 30.4 Å². The van der Waals surface area contributed by atoms with Crippen LogP contribution in [0.25, 0.3) is 0 Å². The van der Waals surface area contributed by atoms with Crippen molar-refractivity contribution in [1.29, 1.82) is 5.26 Å². The third-order valence-corrected chi connectivity index (χ3v) is 5.28. The first-order valence-corrected chi connectivity index (χ1v) is 8.98. The second-order valence-electron chi connectivity index (χ2n) is 6.96. The van der Waals surface area contributed by atoms with Gasteiger partial charge in [-0.05, 0) is 30.4 Å². The molecule has 3 rings (SSSR count). The minimum atomic E-state index is -0.965. The Morgan fingerprint density at radius 1 is 1.31 bits per heavy atom. The molecule has 1 aromatic carbocycles. The van der Waals surface area contributed by atoms with Crippen LogP contribution in [0.15, 0.2) is 24.3 Å². The van der Waals surface area contributed by atoms with Crippen molar-refractivity contribution in [3.8, 4) is 6.07 Å². The van der Waals surface area contributed by atoms with Gasteiger partial charge in [-0.25, -0.2) is 0 Å². The van der Waals surface area contributed by atoms with Crippen LogP contribution in [0.2, 0.25) is 0 Å². The molecule has 7 heteroatoms. The summed E-state index contributed by atoms with van der Waals surface area (Å²) in [6.45, 7) is 0.785. The van der Waals surface area contributed by atoms with Crippen LogP contribution in [-0.4, -0.2) is 58.0 Å². The molecule has 1 fully saturated rings. The van der Waals surface area contributed by atoms with Gasteiger partial charge in [0.25, 0.3) is 0 Å². The molecule has 26 heavy (non-hydrogen) atoms. The number of amides is 2. The van der Waals surface area contributed by atoms with Gasteiger partial charge in [0, 0.05) is 13.1 Å². The van der Waals surface area contributed by atoms with Gasteiger partial charge in [0.05, 0.1) is 31.2 Å². The van der Waals surface area contributed by atoms with Crippen LogP contribution < -0.4 is 5.73 Å². The number of benzene rings is 1. The maximum absolute atomic E-state index is 12.8. The van der Waals surface area contributed by atoms with Crippen molar-refractivity contribution in [1.82, 2.24) is 9.80 Å². The molecule has 2 unspecified atom stereocenters. The fourth-order valence-electron chi connectivity index (χ4n) is 3.81. The van der Waals surface area contributed by atoms with Crippen LogP contribution >= 0.6 is 0 Å². The second kappa shape index (κ2) is 7.85. The van der Waals surface area contributed by atoms with E-state index in [1.54, 1.807) is 4.90 Å². The van der Waals surface area contributed by atoms with Gasteiger partial charge in [-0.2, -0.15) is 5.26 Å². The summed E-state index contributed by atoms with van der Waals surface area (Å²) in [7, 11) is 0. The molecule has 1 saturated heterocycles. The summed E-state index contributed by atoms with van der Waals surface area (Å²) in [5.74, 6) is -0.590. The maximum Gasteiger partial charge on any atom is 0.241 e. The second-order valence-corrected chi connectivity index (χ2v) is 6.96. The maximum atomic E-state index is 12.8. The quantitative estimate of drug-likeness (QED) is 0.799. The molecule has 3 N–H and O–H groups in total. The van der Waals surface area contributed by atoms with E-state index >= 15 is 0 Å². The molecule has 3 atom stereocenters. The Labute approximate surface area is 153 Å². The number of aliphatic hydroxyl groups excluding tert-OH is 1. The highest BCUT2D eigenvalue weighted by atomic mass is 16.3. The third-order valence-electron chi connectivity index (χ3n) is 5.28. The molecule has 0 bridgehead atoms. The van der Waals surface area contributed by atoms with Crippen molar-refractivity contribution in [3.63, 3.8) is 0 Å². The third kappa shape index (κ3) is 3.57. The first kappa shape index (κ1) is 18.4. The smallest absolute Gasteiger partial charge is 0.241 e. The lowest BCUT2D eigenvalue weighted by atomic mass is 9.93. The molecule has 7 nitrogen and oxygen atoms in total. The molecule has 0 radical (unpaired) electrons. The SMILES string of the molecule is N#C[C@@H]1CCCN1C(=O)C(N)CC(=O)N1Cc2ccccc2CC1CO. The topological polar surface area (TPSA) is 111 Å². The van der Waals surface area contributed by atoms with Crippen molar-refractivity contribution >= 4 is 11.8 Å². The van der Waals surface area contributed by atoms with E-state index in [0.29, 0.717) is 25.9 Å². The Morgan fingerprint density at radius 2 is 2.04 bits per heavy atom. The number of nitriles is 1. The summed E-state index contributed by atoms with van der Waals surface area (Å²) >= 11 is 0. The van der Waals surface area contributed by atoms with E-state index in [9.17, 15) is 14.7 Å². The molecule has 0 saturated carbocycles. The number of nitrogens with two attached hydrogens (primary N) is 1. The molecular formula is C19H24N4O3. The van der Waals surface area contributed by atoms with Gasteiger partial charge in [0.1, 0.15) is 6.04 Å². The lowest BCUT2D eigenvalue weighted by molar-refractivity contribution is -0.140. The number of nitrogens with zero attached hydrogens (tertiary/aromatic N) is 3. The highest BCUT2D eigenvalue weighted by molar-refractivity contribution is 5.89. The van der Waals surface area contributed by atoms with Crippen LogP contribution in [0.5, 0.6) is 0 Å². The number of carbonyl (C=O) groups is 2. The number of aliphatic hydroxyl groups is 1. The average Bonchev–Trinajstić information content (AvgIpc) is 3.14. The van der Waals surface area contributed by atoms with Gasteiger partial charge in [0.2, 0.25) is 11.8 Å². The van der Waals surface area contributed by atoms with Crippen molar-refractivity contribution in [2.75, 3.05) is 13.2 Å². The molecule has 138 valence electrons. The van der Waals surface area contributed by atoms with Gasteiger partial charge in [-0.3, -0.25) is 9.59 Å². The summed E-state index contributed by atoms with van der Waals surface area (Å²) in [6, 6.07) is 8.23. The Morgan fingerprint density at radius 3 is 2.73 bits per heavy atom. The zero-order chi connectivity index (χ0) is 18.7. The molecular weight excluding hydrogens is 332 g/mol. The lowest BCUT2D eigenvalue weighted by Gasteiger charge is -2.36. The highest BCUT2D eigenvalue weighted by Crippen LogP contribution is 2.24. The summed E-state index contributed by atoms with van der Waals surface area (Å²) in [4.78, 5) is 28.4. The predicted octanol–water partition coefficient (Wildman–Crippen LogP) is 0.164. The normalized spacial score (nSPS) is 23.3. The van der Waals surface area contributed by atoms with Gasteiger partial charge in [-0.15, -0.1) is 0 Å². The number of rotatable bonds is 4. The van der Waals surface area contributed by atoms with E-state index in [-0.39, 0.29) is 30.9 Å². The van der Waals surface area contributed by atoms with E-state index < -0.39 is 12.1 Å². The van der Waals surface area contributed by atoms with Gasteiger partial charge >= 0.3 is 0 Å². The van der Waals surface area contributed by atoms with E-state index in [2.05, 4.69) is 6.07 Å². The molecule has 2 aliphatic heterocycles. The number of fused-ring (bicyclic) bond motifs is 1. The monoisotopic (exact) mass is 356 g/mol.